The second kappa shape index (κ2) is 4.62. The van der Waals surface area contributed by atoms with Crippen molar-refractivity contribution in [2.24, 2.45) is 0 Å². The number of imidazole rings is 1. The van der Waals surface area contributed by atoms with Crippen LogP contribution in [0.4, 0.5) is 0 Å². The number of fused-ring (bicyclic) bond motifs is 1. The molecule has 1 fully saturated rings. The predicted octanol–water partition coefficient (Wildman–Crippen LogP) is 0.982. The van der Waals surface area contributed by atoms with Gasteiger partial charge in [0, 0.05) is 25.4 Å². The van der Waals surface area contributed by atoms with Crippen molar-refractivity contribution in [2.45, 2.75) is 19.4 Å². The van der Waals surface area contributed by atoms with E-state index in [0.717, 1.165) is 11.3 Å². The lowest BCUT2D eigenvalue weighted by Crippen LogP contribution is -2.32. The third kappa shape index (κ3) is 2.19. The maximum absolute atomic E-state index is 11.9. The molecule has 0 aromatic carbocycles. The molecule has 2 aromatic heterocycles. The van der Waals surface area contributed by atoms with Gasteiger partial charge in [0.1, 0.15) is 11.7 Å². The van der Waals surface area contributed by atoms with E-state index in [1.165, 1.54) is 0 Å². The van der Waals surface area contributed by atoms with Gasteiger partial charge in [-0.1, -0.05) is 6.07 Å². The summed E-state index contributed by atoms with van der Waals surface area (Å²) in [5, 5.41) is 3.48. The highest BCUT2D eigenvalue weighted by atomic mass is 32.1. The van der Waals surface area contributed by atoms with Crippen LogP contribution >= 0.6 is 12.2 Å². The first-order valence-corrected chi connectivity index (χ1v) is 6.60. The summed E-state index contributed by atoms with van der Waals surface area (Å²) in [6.07, 6.45) is 4.64. The lowest BCUT2D eigenvalue weighted by atomic mass is 10.3. The smallest absolute Gasteiger partial charge is 0.251 e. The molecule has 1 atom stereocenters. The van der Waals surface area contributed by atoms with Crippen molar-refractivity contribution >= 4 is 28.9 Å². The summed E-state index contributed by atoms with van der Waals surface area (Å²) in [6.45, 7) is 2.39. The van der Waals surface area contributed by atoms with Crippen LogP contribution in [0.15, 0.2) is 30.6 Å². The molecule has 1 N–H and O–H groups in total. The number of hydrogen-bond acceptors (Lipinski definition) is 3. The van der Waals surface area contributed by atoms with Gasteiger partial charge < -0.3 is 9.72 Å². The molecular weight excluding hydrogens is 260 g/mol. The Labute approximate surface area is 116 Å². The monoisotopic (exact) mass is 274 g/mol. The number of rotatable bonds is 3. The number of carbonyl (C=O) groups is 1. The van der Waals surface area contributed by atoms with Crippen molar-refractivity contribution in [3.63, 3.8) is 0 Å². The van der Waals surface area contributed by atoms with Gasteiger partial charge in [0.05, 0.1) is 5.69 Å². The third-order valence-electron chi connectivity index (χ3n) is 3.23. The van der Waals surface area contributed by atoms with E-state index in [-0.39, 0.29) is 11.9 Å². The Balaban J connectivity index is 1.72. The first-order valence-electron chi connectivity index (χ1n) is 6.19. The summed E-state index contributed by atoms with van der Waals surface area (Å²) >= 11 is 5.14. The maximum atomic E-state index is 11.9. The van der Waals surface area contributed by atoms with Crippen molar-refractivity contribution in [1.29, 1.82) is 0 Å². The molecule has 1 amide bonds. The highest BCUT2D eigenvalue weighted by molar-refractivity contribution is 7.80. The highest BCUT2D eigenvalue weighted by Gasteiger charge is 2.31. The topological polar surface area (TPSA) is 49.6 Å². The van der Waals surface area contributed by atoms with Crippen LogP contribution in [0.1, 0.15) is 12.6 Å². The van der Waals surface area contributed by atoms with Gasteiger partial charge in [-0.25, -0.2) is 4.98 Å². The quantitative estimate of drug-likeness (QED) is 0.848. The second-order valence-corrected chi connectivity index (χ2v) is 5.00. The fourth-order valence-electron chi connectivity index (χ4n) is 2.20. The molecule has 2 aromatic rings. The van der Waals surface area contributed by atoms with Gasteiger partial charge in [0.2, 0.25) is 0 Å². The Morgan fingerprint density at radius 1 is 1.47 bits per heavy atom. The van der Waals surface area contributed by atoms with Crippen molar-refractivity contribution in [3.8, 4) is 0 Å². The Hall–Kier alpha value is -1.95. The molecule has 0 radical (unpaired) electrons. The van der Waals surface area contributed by atoms with Crippen molar-refractivity contribution in [3.05, 3.63) is 36.3 Å². The van der Waals surface area contributed by atoms with E-state index >= 15 is 0 Å². The van der Waals surface area contributed by atoms with E-state index in [1.807, 2.05) is 41.9 Å². The van der Waals surface area contributed by atoms with Crippen LogP contribution in [0.25, 0.3) is 5.65 Å². The first kappa shape index (κ1) is 12.1. The molecule has 6 heteroatoms. The number of thiocarbonyl (C=S) groups is 1. The van der Waals surface area contributed by atoms with Gasteiger partial charge in [-0.3, -0.25) is 9.69 Å². The van der Waals surface area contributed by atoms with E-state index in [0.29, 0.717) is 18.1 Å². The lowest BCUT2D eigenvalue weighted by molar-refractivity contribution is -0.126. The van der Waals surface area contributed by atoms with Crippen LogP contribution in [0.3, 0.4) is 0 Å². The van der Waals surface area contributed by atoms with Crippen molar-refractivity contribution in [1.82, 2.24) is 19.6 Å². The average molecular weight is 274 g/mol. The zero-order valence-corrected chi connectivity index (χ0v) is 11.4. The molecule has 0 unspecified atom stereocenters. The van der Waals surface area contributed by atoms with Crippen LogP contribution in [-0.2, 0) is 11.2 Å². The van der Waals surface area contributed by atoms with Gasteiger partial charge in [-0.2, -0.15) is 0 Å². The van der Waals surface area contributed by atoms with E-state index in [4.69, 9.17) is 12.2 Å². The van der Waals surface area contributed by atoms with Crippen molar-refractivity contribution < 1.29 is 4.79 Å². The lowest BCUT2D eigenvalue weighted by Gasteiger charge is -2.13. The summed E-state index contributed by atoms with van der Waals surface area (Å²) in [4.78, 5) is 18.0. The van der Waals surface area contributed by atoms with Gasteiger partial charge in [-0.15, -0.1) is 0 Å². The van der Waals surface area contributed by atoms with E-state index in [9.17, 15) is 4.79 Å². The van der Waals surface area contributed by atoms with Gasteiger partial charge in [-0.05, 0) is 31.3 Å². The molecular formula is C13H14N4OS. The number of pyridine rings is 1. The predicted molar refractivity (Wildman–Crippen MR) is 75.8 cm³/mol. The number of carbonyl (C=O) groups excluding carboxylic acids is 1. The fourth-order valence-corrected chi connectivity index (χ4v) is 2.56. The molecule has 3 heterocycles. The van der Waals surface area contributed by atoms with Gasteiger partial charge >= 0.3 is 0 Å². The first-order chi connectivity index (χ1) is 9.15. The Kier molecular flexibility index (Phi) is 2.94. The molecule has 3 rings (SSSR count). The molecule has 0 spiro atoms. The Morgan fingerprint density at radius 2 is 2.32 bits per heavy atom. The number of nitrogens with zero attached hydrogens (tertiary/aromatic N) is 3. The van der Waals surface area contributed by atoms with E-state index in [1.54, 1.807) is 4.90 Å². The molecule has 19 heavy (non-hydrogen) atoms. The SMILES string of the molecule is C[C@H]1NC(=S)N(CCc2cn3ccccc3n2)C1=O. The van der Waals surface area contributed by atoms with Crippen LogP contribution in [-0.4, -0.2) is 37.9 Å². The number of hydrogen-bond donors (Lipinski definition) is 1. The zero-order chi connectivity index (χ0) is 13.4. The van der Waals surface area contributed by atoms with Gasteiger partial charge in [0.15, 0.2) is 5.11 Å². The minimum Gasteiger partial charge on any atom is -0.351 e. The Morgan fingerprint density at radius 3 is 3.00 bits per heavy atom. The highest BCUT2D eigenvalue weighted by Crippen LogP contribution is 2.09. The Bertz CT molecular complexity index is 618. The minimum absolute atomic E-state index is 0.0359. The summed E-state index contributed by atoms with van der Waals surface area (Å²) < 4.78 is 1.97. The van der Waals surface area contributed by atoms with Crippen LogP contribution in [0, 0.1) is 0 Å². The zero-order valence-electron chi connectivity index (χ0n) is 10.5. The molecule has 0 saturated carbocycles. The fraction of sp³-hybridized carbons (Fsp3) is 0.308. The number of nitrogens with one attached hydrogen (secondary N) is 1. The molecule has 98 valence electrons. The molecule has 1 aliphatic rings. The largest absolute Gasteiger partial charge is 0.351 e. The molecule has 1 saturated heterocycles. The molecule has 0 aliphatic carbocycles. The van der Waals surface area contributed by atoms with Crippen LogP contribution < -0.4 is 5.32 Å². The third-order valence-corrected chi connectivity index (χ3v) is 3.57. The summed E-state index contributed by atoms with van der Waals surface area (Å²) in [6, 6.07) is 5.66. The standard InChI is InChI=1S/C13H14N4OS/c1-9-12(18)17(13(19)14-9)7-5-10-8-16-6-3-2-4-11(16)15-10/h2-4,6,8-9H,5,7H2,1H3,(H,14,19)/t9-/m1/s1. The number of aromatic nitrogens is 2. The summed E-state index contributed by atoms with van der Waals surface area (Å²) in [7, 11) is 0. The molecule has 0 bridgehead atoms. The summed E-state index contributed by atoms with van der Waals surface area (Å²) in [5.74, 6) is 0.0359. The average Bonchev–Trinajstić information content (AvgIpc) is 2.90. The number of amides is 1. The van der Waals surface area contributed by atoms with Crippen molar-refractivity contribution in [2.75, 3.05) is 6.54 Å². The maximum Gasteiger partial charge on any atom is 0.251 e. The summed E-state index contributed by atoms with van der Waals surface area (Å²) in [5.41, 5.74) is 1.88. The van der Waals surface area contributed by atoms with Crippen LogP contribution in [0.5, 0.6) is 0 Å². The molecule has 5 nitrogen and oxygen atoms in total. The minimum atomic E-state index is -0.214. The molecule has 1 aliphatic heterocycles. The second-order valence-electron chi connectivity index (χ2n) is 4.61. The normalized spacial score (nSPS) is 19.2. The van der Waals surface area contributed by atoms with Gasteiger partial charge in [0.25, 0.3) is 5.91 Å². The van der Waals surface area contributed by atoms with E-state index in [2.05, 4.69) is 10.3 Å². The van der Waals surface area contributed by atoms with E-state index < -0.39 is 0 Å². The van der Waals surface area contributed by atoms with Crippen LogP contribution in [0.2, 0.25) is 0 Å².